The fourth-order valence-corrected chi connectivity index (χ4v) is 1.88. The molecule has 0 fully saturated rings. The normalized spacial score (nSPS) is 11.7. The molecule has 4 nitrogen and oxygen atoms in total. The number of carbonyl (C=O) groups is 1. The fourth-order valence-electron chi connectivity index (χ4n) is 1.88. The van der Waals surface area contributed by atoms with E-state index in [9.17, 15) is 18.0 Å². The van der Waals surface area contributed by atoms with Gasteiger partial charge in [-0.25, -0.2) is 22.6 Å². The molecular formula is C14H13F3N2O2. The Morgan fingerprint density at radius 2 is 1.67 bits per heavy atom. The number of carboxylic acids is 1. The first-order chi connectivity index (χ1) is 9.61. The van der Waals surface area contributed by atoms with E-state index >= 15 is 0 Å². The molecule has 0 radical (unpaired) electrons. The summed E-state index contributed by atoms with van der Waals surface area (Å²) in [5, 5.41) is 12.8. The smallest absolute Gasteiger partial charge is 0.356 e. The van der Waals surface area contributed by atoms with Crippen LogP contribution in [0.15, 0.2) is 18.2 Å². The molecule has 21 heavy (non-hydrogen) atoms. The van der Waals surface area contributed by atoms with Gasteiger partial charge in [-0.3, -0.25) is 0 Å². The van der Waals surface area contributed by atoms with Crippen molar-refractivity contribution in [2.75, 3.05) is 0 Å². The predicted molar refractivity (Wildman–Crippen MR) is 69.1 cm³/mol. The second-order valence-corrected chi connectivity index (χ2v) is 5.60. The number of hydrogen-bond acceptors (Lipinski definition) is 2. The van der Waals surface area contributed by atoms with Crippen LogP contribution >= 0.6 is 0 Å². The predicted octanol–water partition coefficient (Wildman–Crippen LogP) is 3.29. The van der Waals surface area contributed by atoms with E-state index in [1.165, 1.54) is 6.07 Å². The quantitative estimate of drug-likeness (QED) is 0.866. The summed E-state index contributed by atoms with van der Waals surface area (Å²) < 4.78 is 41.2. The Morgan fingerprint density at radius 3 is 2.19 bits per heavy atom. The van der Waals surface area contributed by atoms with Crippen molar-refractivity contribution in [2.45, 2.75) is 26.2 Å². The van der Waals surface area contributed by atoms with Crippen LogP contribution in [0.5, 0.6) is 0 Å². The largest absolute Gasteiger partial charge is 0.476 e. The molecule has 0 unspecified atom stereocenters. The van der Waals surface area contributed by atoms with E-state index in [2.05, 4.69) is 5.10 Å². The molecule has 0 aliphatic carbocycles. The highest BCUT2D eigenvalue weighted by atomic mass is 19.2. The second kappa shape index (κ2) is 4.91. The molecule has 0 saturated heterocycles. The molecule has 0 amide bonds. The van der Waals surface area contributed by atoms with E-state index in [4.69, 9.17) is 5.11 Å². The highest BCUT2D eigenvalue weighted by Crippen LogP contribution is 2.28. The van der Waals surface area contributed by atoms with Gasteiger partial charge in [0, 0.05) is 17.5 Å². The third-order valence-corrected chi connectivity index (χ3v) is 2.91. The summed E-state index contributed by atoms with van der Waals surface area (Å²) in [6.45, 7) is 5.30. The van der Waals surface area contributed by atoms with Gasteiger partial charge < -0.3 is 5.11 Å². The monoisotopic (exact) mass is 298 g/mol. The minimum absolute atomic E-state index is 0.302. The maximum Gasteiger partial charge on any atom is 0.356 e. The summed E-state index contributed by atoms with van der Waals surface area (Å²) in [6, 6.07) is 2.33. The highest BCUT2D eigenvalue weighted by molar-refractivity contribution is 5.85. The lowest BCUT2D eigenvalue weighted by Crippen LogP contribution is -2.18. The van der Waals surface area contributed by atoms with Gasteiger partial charge in [-0.05, 0) is 6.07 Å². The van der Waals surface area contributed by atoms with Crippen LogP contribution in [-0.2, 0) is 5.41 Å². The average Bonchev–Trinajstić information content (AvgIpc) is 2.78. The van der Waals surface area contributed by atoms with Crippen molar-refractivity contribution in [2.24, 2.45) is 0 Å². The summed E-state index contributed by atoms with van der Waals surface area (Å²) in [6.07, 6.45) is 0. The average molecular weight is 298 g/mol. The molecule has 0 spiro atoms. The molecule has 1 aromatic carbocycles. The lowest BCUT2D eigenvalue weighted by molar-refractivity contribution is 0.0690. The van der Waals surface area contributed by atoms with Gasteiger partial charge in [-0.1, -0.05) is 20.8 Å². The Bertz CT molecular complexity index is 718. The van der Waals surface area contributed by atoms with E-state index in [-0.39, 0.29) is 11.4 Å². The first kappa shape index (κ1) is 15.1. The second-order valence-electron chi connectivity index (χ2n) is 5.60. The Hall–Kier alpha value is -2.31. The molecule has 0 atom stereocenters. The van der Waals surface area contributed by atoms with E-state index < -0.39 is 28.8 Å². The minimum atomic E-state index is -1.32. The zero-order valence-corrected chi connectivity index (χ0v) is 11.6. The van der Waals surface area contributed by atoms with Gasteiger partial charge in [0.25, 0.3) is 0 Å². The van der Waals surface area contributed by atoms with Crippen LogP contribution < -0.4 is 0 Å². The molecule has 0 bridgehead atoms. The molecule has 112 valence electrons. The van der Waals surface area contributed by atoms with Crippen molar-refractivity contribution >= 4 is 5.97 Å². The highest BCUT2D eigenvalue weighted by Gasteiger charge is 2.26. The van der Waals surface area contributed by atoms with Crippen LogP contribution in [0.2, 0.25) is 0 Å². The van der Waals surface area contributed by atoms with Crippen molar-refractivity contribution in [1.29, 1.82) is 0 Å². The van der Waals surface area contributed by atoms with Gasteiger partial charge in [-0.2, -0.15) is 5.10 Å². The van der Waals surface area contributed by atoms with Crippen LogP contribution in [0.3, 0.4) is 0 Å². The molecule has 1 aromatic heterocycles. The van der Waals surface area contributed by atoms with Crippen LogP contribution in [0.4, 0.5) is 13.2 Å². The molecule has 1 N–H and O–H groups in total. The van der Waals surface area contributed by atoms with Crippen molar-refractivity contribution in [3.63, 3.8) is 0 Å². The number of aromatic nitrogens is 2. The van der Waals surface area contributed by atoms with Gasteiger partial charge >= 0.3 is 5.97 Å². The maximum absolute atomic E-state index is 13.9. The summed E-state index contributed by atoms with van der Waals surface area (Å²) in [4.78, 5) is 11.0. The van der Waals surface area contributed by atoms with Gasteiger partial charge in [0.1, 0.15) is 5.69 Å². The van der Waals surface area contributed by atoms with Crippen molar-refractivity contribution in [1.82, 2.24) is 9.78 Å². The molecule has 0 saturated carbocycles. The third kappa shape index (κ3) is 2.76. The van der Waals surface area contributed by atoms with Gasteiger partial charge in [0.2, 0.25) is 0 Å². The number of halogens is 3. The third-order valence-electron chi connectivity index (χ3n) is 2.91. The first-order valence-electron chi connectivity index (χ1n) is 6.10. The summed E-state index contributed by atoms with van der Waals surface area (Å²) in [5.41, 5.74) is -0.849. The van der Waals surface area contributed by atoms with Gasteiger partial charge in [-0.15, -0.1) is 0 Å². The molecule has 2 rings (SSSR count). The Kier molecular flexibility index (Phi) is 3.52. The number of benzene rings is 1. The minimum Gasteiger partial charge on any atom is -0.476 e. The first-order valence-corrected chi connectivity index (χ1v) is 6.10. The zero-order valence-electron chi connectivity index (χ0n) is 11.6. The Balaban J connectivity index is 2.74. The number of nitrogens with zero attached hydrogens (tertiary/aromatic N) is 2. The molecule has 2 aromatic rings. The van der Waals surface area contributed by atoms with Gasteiger partial charge in [0.05, 0.1) is 5.69 Å². The van der Waals surface area contributed by atoms with Crippen LogP contribution in [0.25, 0.3) is 5.69 Å². The van der Waals surface area contributed by atoms with Crippen LogP contribution in [0.1, 0.15) is 37.0 Å². The van der Waals surface area contributed by atoms with Crippen molar-refractivity contribution in [3.05, 3.63) is 47.0 Å². The topological polar surface area (TPSA) is 55.1 Å². The van der Waals surface area contributed by atoms with Crippen molar-refractivity contribution in [3.8, 4) is 5.69 Å². The molecular weight excluding hydrogens is 285 g/mol. The molecule has 1 heterocycles. The van der Waals surface area contributed by atoms with E-state index in [1.54, 1.807) is 20.8 Å². The standard InChI is InChI=1S/C14H13F3N2O2/c1-14(2,3)12-6-10(13(20)21)18-19(12)11-5-8(16)7(15)4-9(11)17/h4-6H,1-3H3,(H,20,21). The number of carboxylic acid groups (broad SMARTS) is 1. The number of hydrogen-bond donors (Lipinski definition) is 1. The van der Waals surface area contributed by atoms with E-state index in [0.29, 0.717) is 17.8 Å². The zero-order chi connectivity index (χ0) is 15.9. The SMILES string of the molecule is CC(C)(C)c1cc(C(=O)O)nn1-c1cc(F)c(F)cc1F. The van der Waals surface area contributed by atoms with Crippen LogP contribution in [-0.4, -0.2) is 20.9 Å². The lowest BCUT2D eigenvalue weighted by atomic mass is 9.91. The Labute approximate surface area is 118 Å². The summed E-state index contributed by atoms with van der Waals surface area (Å²) in [5.74, 6) is -4.88. The van der Waals surface area contributed by atoms with E-state index in [1.807, 2.05) is 0 Å². The molecule has 0 aliphatic heterocycles. The summed E-state index contributed by atoms with van der Waals surface area (Å²) >= 11 is 0. The number of rotatable bonds is 2. The lowest BCUT2D eigenvalue weighted by Gasteiger charge is -2.20. The summed E-state index contributed by atoms with van der Waals surface area (Å²) in [7, 11) is 0. The van der Waals surface area contributed by atoms with Crippen molar-refractivity contribution < 1.29 is 23.1 Å². The Morgan fingerprint density at radius 1 is 1.10 bits per heavy atom. The van der Waals surface area contributed by atoms with Gasteiger partial charge in [0.15, 0.2) is 23.1 Å². The molecule has 7 heteroatoms. The van der Waals surface area contributed by atoms with E-state index in [0.717, 1.165) is 4.68 Å². The number of aromatic carboxylic acids is 1. The maximum atomic E-state index is 13.9. The fraction of sp³-hybridized carbons (Fsp3) is 0.286. The molecule has 0 aliphatic rings. The van der Waals surface area contributed by atoms with Crippen LogP contribution in [0, 0.1) is 17.5 Å².